The number of nitrogens with one attached hydrogen (secondary N) is 2. The number of aliphatic imine (C=N–C) groups is 1. The number of sulfonamides is 1. The number of Topliss-reactive ketones (excluding diaryl/α,β-unsaturated/α-hetero) is 1. The van der Waals surface area contributed by atoms with Crippen molar-refractivity contribution in [2.45, 2.75) is 43.8 Å². The molecule has 0 spiro atoms. The average molecular weight is 920 g/mol. The number of aliphatic hydroxyl groups is 2. The molecule has 0 heterocycles. The number of hydrogen-bond donors (Lipinski definition) is 6. The minimum atomic E-state index is -3.93. The maximum absolute atomic E-state index is 14.7. The fourth-order valence-electron chi connectivity index (χ4n) is 4.93. The van der Waals surface area contributed by atoms with Crippen LogP contribution in [0.3, 0.4) is 0 Å². The fourth-order valence-corrected chi connectivity index (χ4v) is 5.94. The van der Waals surface area contributed by atoms with Crippen LogP contribution < -0.4 is 26.2 Å². The lowest BCUT2D eigenvalue weighted by Crippen LogP contribution is -2.46. The van der Waals surface area contributed by atoms with Crippen LogP contribution in [-0.2, 0) is 57.6 Å². The van der Waals surface area contributed by atoms with E-state index in [-0.39, 0.29) is 80.9 Å². The number of ketones is 1. The fraction of sp³-hybridized carbons (Fsp3) is 0.550. The van der Waals surface area contributed by atoms with Crippen molar-refractivity contribution >= 4 is 39.7 Å². The molecule has 2 unspecified atom stereocenters. The third kappa shape index (κ3) is 23.1. The van der Waals surface area contributed by atoms with Gasteiger partial charge in [0.15, 0.2) is 35.2 Å². The molecule has 23 heteroatoms. The van der Waals surface area contributed by atoms with Crippen molar-refractivity contribution in [2.75, 3.05) is 106 Å². The monoisotopic (exact) mass is 919 g/mol. The third-order valence-corrected chi connectivity index (χ3v) is 9.56. The number of nitrogens with zero attached hydrogens (tertiary/aromatic N) is 1. The van der Waals surface area contributed by atoms with Crippen molar-refractivity contribution in [3.63, 3.8) is 0 Å². The van der Waals surface area contributed by atoms with E-state index in [1.54, 1.807) is 6.92 Å². The minimum absolute atomic E-state index is 0.0190. The predicted molar refractivity (Wildman–Crippen MR) is 223 cm³/mol. The smallest absolute Gasteiger partial charge is 0.275 e. The van der Waals surface area contributed by atoms with Crippen LogP contribution in [0.2, 0.25) is 0 Å². The average Bonchev–Trinajstić information content (AvgIpc) is 3.24. The van der Waals surface area contributed by atoms with E-state index < -0.39 is 63.2 Å². The lowest BCUT2D eigenvalue weighted by atomic mass is 10.1. The first-order valence-electron chi connectivity index (χ1n) is 20.0. The molecule has 8 N–H and O–H groups in total. The summed E-state index contributed by atoms with van der Waals surface area (Å²) >= 11 is 0. The highest BCUT2D eigenvalue weighted by Gasteiger charge is 2.29. The Balaban J connectivity index is 1.45. The van der Waals surface area contributed by atoms with Crippen molar-refractivity contribution in [1.82, 2.24) is 10.0 Å². The van der Waals surface area contributed by atoms with Crippen LogP contribution in [0, 0.1) is 11.6 Å². The molecule has 0 fully saturated rings. The molecule has 63 heavy (non-hydrogen) atoms. The second-order valence-corrected chi connectivity index (χ2v) is 14.8. The zero-order chi connectivity index (χ0) is 46.5. The topological polar surface area (TPSA) is 288 Å². The normalized spacial score (nSPS) is 12.8. The molecule has 2 amide bonds. The third-order valence-electron chi connectivity index (χ3n) is 8.08. The summed E-state index contributed by atoms with van der Waals surface area (Å²) < 4.78 is 100.0. The molecule has 0 aliphatic carbocycles. The maximum atomic E-state index is 14.7. The summed E-state index contributed by atoms with van der Waals surface area (Å²) in [5.41, 5.74) is 10.4. The van der Waals surface area contributed by atoms with Gasteiger partial charge in [0, 0.05) is 38.3 Å². The van der Waals surface area contributed by atoms with Crippen molar-refractivity contribution in [1.29, 1.82) is 0 Å². The van der Waals surface area contributed by atoms with Crippen molar-refractivity contribution in [2.24, 2.45) is 16.5 Å². The van der Waals surface area contributed by atoms with E-state index in [1.165, 1.54) is 37.3 Å². The summed E-state index contributed by atoms with van der Waals surface area (Å²) in [7, 11) is -3.93. The van der Waals surface area contributed by atoms with Crippen LogP contribution in [-0.4, -0.2) is 160 Å². The van der Waals surface area contributed by atoms with Crippen molar-refractivity contribution in [3.05, 3.63) is 59.2 Å². The Morgan fingerprint density at radius 3 is 1.75 bits per heavy atom. The van der Waals surface area contributed by atoms with Crippen LogP contribution in [0.25, 0.3) is 6.08 Å². The van der Waals surface area contributed by atoms with E-state index >= 15 is 0 Å². The molecule has 2 aromatic rings. The summed E-state index contributed by atoms with van der Waals surface area (Å²) in [6.07, 6.45) is -2.24. The lowest BCUT2D eigenvalue weighted by molar-refractivity contribution is -0.145. The summed E-state index contributed by atoms with van der Waals surface area (Å²) in [6, 6.07) is 6.79. The number of benzene rings is 2. The Hall–Kier alpha value is -4.53. The molecule has 2 rings (SSSR count). The van der Waals surface area contributed by atoms with Gasteiger partial charge in [0.05, 0.1) is 84.2 Å². The Bertz CT molecular complexity index is 1830. The van der Waals surface area contributed by atoms with Gasteiger partial charge in [-0.05, 0) is 68.3 Å². The first-order valence-corrected chi connectivity index (χ1v) is 21.4. The minimum Gasteiger partial charge on any atom is -0.451 e. The molecular formula is C40H59F2N5O15S. The summed E-state index contributed by atoms with van der Waals surface area (Å²) in [4.78, 5) is 39.0. The molecule has 0 saturated heterocycles. The highest BCUT2D eigenvalue weighted by molar-refractivity contribution is 7.89. The van der Waals surface area contributed by atoms with Crippen LogP contribution in [0.4, 0.5) is 8.78 Å². The summed E-state index contributed by atoms with van der Waals surface area (Å²) in [5, 5.41) is 22.1. The standard InChI is InChI=1S/C40H59F2N5O15S/c1-3-55-13-10-45-39(52)36(50)35(49)34(48)5-4-12-56-15-17-58-19-21-60-23-24-61-22-20-59-18-16-57-14-11-46-63(53,54)31-8-6-30(7-9-31)62-37-32(41)26-29(27-33(37)42)25-28(2)38(51)47-40(43)44/h6-9,25-27,35-36,46,49-50H,3-5,10-24H2,1-2H3,(H,45,52)(H4,43,44,47,51)/b28-25+. The van der Waals surface area contributed by atoms with Crippen molar-refractivity contribution < 1.29 is 79.7 Å². The van der Waals surface area contributed by atoms with Crippen LogP contribution in [0.1, 0.15) is 32.3 Å². The number of hydrogen-bond acceptors (Lipinski definition) is 15. The highest BCUT2D eigenvalue weighted by atomic mass is 32.2. The second kappa shape index (κ2) is 31.3. The number of carbonyl (C=O) groups is 3. The van der Waals surface area contributed by atoms with Gasteiger partial charge in [-0.2, -0.15) is 4.99 Å². The van der Waals surface area contributed by atoms with Gasteiger partial charge < -0.3 is 64.9 Å². The number of rotatable bonds is 35. The van der Waals surface area contributed by atoms with E-state index in [0.717, 1.165) is 12.1 Å². The molecule has 2 atom stereocenters. The first kappa shape index (κ1) is 54.6. The SMILES string of the molecule is CCOCCNC(=O)C(O)C(O)C(=O)CCCOCCOCCOCCOCCOCCOCCNS(=O)(=O)c1ccc(Oc2c(F)cc(/C=C(\C)C(=O)N=C(N)N)cc2F)cc1. The number of guanidine groups is 1. The predicted octanol–water partition coefficient (Wildman–Crippen LogP) is 0.562. The molecule has 354 valence electrons. The van der Waals surface area contributed by atoms with E-state index in [9.17, 15) is 41.8 Å². The largest absolute Gasteiger partial charge is 0.451 e. The van der Waals surface area contributed by atoms with Gasteiger partial charge in [-0.3, -0.25) is 14.4 Å². The Morgan fingerprint density at radius 2 is 1.24 bits per heavy atom. The van der Waals surface area contributed by atoms with Gasteiger partial charge >= 0.3 is 0 Å². The zero-order valence-corrected chi connectivity index (χ0v) is 36.2. The number of nitrogens with two attached hydrogens (primary N) is 2. The summed E-state index contributed by atoms with van der Waals surface area (Å²) in [6.45, 7) is 7.43. The van der Waals surface area contributed by atoms with Crippen LogP contribution in [0.15, 0.2) is 51.9 Å². The quantitative estimate of drug-likeness (QED) is 0.0238. The van der Waals surface area contributed by atoms with Crippen LogP contribution >= 0.6 is 0 Å². The molecule has 0 aliphatic rings. The maximum Gasteiger partial charge on any atom is 0.275 e. The summed E-state index contributed by atoms with van der Waals surface area (Å²) in [5.74, 6) is -5.63. The Kier molecular flexibility index (Phi) is 27.2. The van der Waals surface area contributed by atoms with E-state index in [4.69, 9.17) is 49.4 Å². The number of ether oxygens (including phenoxy) is 8. The number of amides is 2. The van der Waals surface area contributed by atoms with Gasteiger partial charge in [-0.15, -0.1) is 0 Å². The van der Waals surface area contributed by atoms with Gasteiger partial charge in [-0.25, -0.2) is 21.9 Å². The van der Waals surface area contributed by atoms with Crippen LogP contribution in [0.5, 0.6) is 11.5 Å². The first-order chi connectivity index (χ1) is 30.2. The van der Waals surface area contributed by atoms with Gasteiger partial charge in [0.1, 0.15) is 11.9 Å². The van der Waals surface area contributed by atoms with E-state index in [0.29, 0.717) is 59.3 Å². The van der Waals surface area contributed by atoms with Gasteiger partial charge in [0.25, 0.3) is 11.8 Å². The van der Waals surface area contributed by atoms with E-state index in [2.05, 4.69) is 15.0 Å². The molecule has 0 aliphatic heterocycles. The second-order valence-electron chi connectivity index (χ2n) is 13.1. The van der Waals surface area contributed by atoms with Gasteiger partial charge in [-0.1, -0.05) is 0 Å². The molecule has 2 aromatic carbocycles. The molecule has 20 nitrogen and oxygen atoms in total. The molecule has 0 saturated carbocycles. The highest BCUT2D eigenvalue weighted by Crippen LogP contribution is 2.30. The van der Waals surface area contributed by atoms with E-state index in [1.807, 2.05) is 0 Å². The molecular weight excluding hydrogens is 861 g/mol. The Morgan fingerprint density at radius 1 is 0.746 bits per heavy atom. The number of halogens is 2. The number of carbonyl (C=O) groups excluding carboxylic acids is 3. The lowest BCUT2D eigenvalue weighted by Gasteiger charge is -2.16. The van der Waals surface area contributed by atoms with Gasteiger partial charge in [0.2, 0.25) is 10.0 Å². The molecule has 0 bridgehead atoms. The molecule has 0 radical (unpaired) electrons. The zero-order valence-electron chi connectivity index (χ0n) is 35.4. The Labute approximate surface area is 365 Å². The number of aliphatic hydroxyl groups excluding tert-OH is 2. The molecule has 0 aromatic heterocycles. The van der Waals surface area contributed by atoms with Crippen molar-refractivity contribution in [3.8, 4) is 11.5 Å².